The maximum absolute atomic E-state index is 12.2. The summed E-state index contributed by atoms with van der Waals surface area (Å²) in [6, 6.07) is 15.6. The third kappa shape index (κ3) is 4.82. The molecule has 6 nitrogen and oxygen atoms in total. The van der Waals surface area contributed by atoms with Crippen molar-refractivity contribution in [2.24, 2.45) is 0 Å². The molecule has 1 amide bonds. The minimum absolute atomic E-state index is 0.0656. The number of amides is 1. The van der Waals surface area contributed by atoms with E-state index in [9.17, 15) is 14.7 Å². The summed E-state index contributed by atoms with van der Waals surface area (Å²) in [5.74, 6) is -1.40. The van der Waals surface area contributed by atoms with Crippen molar-refractivity contribution in [3.63, 3.8) is 0 Å². The second-order valence-corrected chi connectivity index (χ2v) is 4.93. The minimum Gasteiger partial charge on any atom is -0.480 e. The number of carbonyl (C=O) groups excluding carboxylic acids is 1. The van der Waals surface area contributed by atoms with Gasteiger partial charge in [0.15, 0.2) is 0 Å². The molecule has 0 saturated carbocycles. The van der Waals surface area contributed by atoms with Crippen molar-refractivity contribution >= 4 is 17.6 Å². The lowest BCUT2D eigenvalue weighted by Gasteiger charge is -2.14. The van der Waals surface area contributed by atoms with E-state index in [1.54, 1.807) is 36.4 Å². The Morgan fingerprint density at radius 2 is 1.65 bits per heavy atom. The van der Waals surface area contributed by atoms with Gasteiger partial charge >= 0.3 is 5.97 Å². The van der Waals surface area contributed by atoms with Crippen LogP contribution in [0, 0.1) is 0 Å². The second-order valence-electron chi connectivity index (χ2n) is 4.93. The van der Waals surface area contributed by atoms with Crippen molar-refractivity contribution in [2.75, 3.05) is 18.4 Å². The molecule has 0 aliphatic rings. The van der Waals surface area contributed by atoms with E-state index in [0.717, 1.165) is 0 Å². The molecular formula is C17H18N2O4. The second kappa shape index (κ2) is 7.95. The summed E-state index contributed by atoms with van der Waals surface area (Å²) in [7, 11) is 0. The third-order valence-electron chi connectivity index (χ3n) is 3.24. The number of aliphatic carboxylic acids is 1. The maximum atomic E-state index is 12.2. The van der Waals surface area contributed by atoms with Crippen LogP contribution in [-0.4, -0.2) is 35.2 Å². The predicted molar refractivity (Wildman–Crippen MR) is 86.3 cm³/mol. The third-order valence-corrected chi connectivity index (χ3v) is 3.24. The average Bonchev–Trinajstić information content (AvgIpc) is 2.58. The molecule has 0 saturated heterocycles. The number of carbonyl (C=O) groups is 2. The van der Waals surface area contributed by atoms with Crippen LogP contribution in [0.4, 0.5) is 5.69 Å². The van der Waals surface area contributed by atoms with Gasteiger partial charge < -0.3 is 20.8 Å². The molecular weight excluding hydrogens is 296 g/mol. The Hall–Kier alpha value is -2.86. The van der Waals surface area contributed by atoms with Crippen molar-refractivity contribution in [2.45, 2.75) is 6.10 Å². The summed E-state index contributed by atoms with van der Waals surface area (Å²) in [5, 5.41) is 24.1. The fraction of sp³-hybridized carbons (Fsp3) is 0.176. The van der Waals surface area contributed by atoms with Crippen LogP contribution in [0.15, 0.2) is 54.6 Å². The lowest BCUT2D eigenvalue weighted by atomic mass is 10.1. The molecule has 2 aromatic rings. The summed E-state index contributed by atoms with van der Waals surface area (Å²) in [6.07, 6.45) is -0.806. The molecule has 120 valence electrons. The fourth-order valence-electron chi connectivity index (χ4n) is 2.08. The molecule has 23 heavy (non-hydrogen) atoms. The van der Waals surface area contributed by atoms with Crippen molar-refractivity contribution < 1.29 is 19.8 Å². The molecule has 0 spiro atoms. The smallest absolute Gasteiger partial charge is 0.322 e. The van der Waals surface area contributed by atoms with Gasteiger partial charge in [0.2, 0.25) is 0 Å². The Morgan fingerprint density at radius 3 is 2.35 bits per heavy atom. The molecule has 1 atom stereocenters. The SMILES string of the molecule is O=C(O)CNc1ccccc1C(=O)NCC(O)c1ccccc1. The van der Waals surface area contributed by atoms with Crippen LogP contribution >= 0.6 is 0 Å². The van der Waals surface area contributed by atoms with E-state index in [1.165, 1.54) is 0 Å². The largest absolute Gasteiger partial charge is 0.480 e. The lowest BCUT2D eigenvalue weighted by Crippen LogP contribution is -2.29. The Labute approximate surface area is 133 Å². The van der Waals surface area contributed by atoms with Crippen LogP contribution in [0.5, 0.6) is 0 Å². The Morgan fingerprint density at radius 1 is 1.00 bits per heavy atom. The first-order valence-electron chi connectivity index (χ1n) is 7.14. The van der Waals surface area contributed by atoms with Gasteiger partial charge in [-0.25, -0.2) is 0 Å². The summed E-state index contributed by atoms with van der Waals surface area (Å²) in [4.78, 5) is 22.9. The number of hydrogen-bond donors (Lipinski definition) is 4. The highest BCUT2D eigenvalue weighted by Crippen LogP contribution is 2.15. The monoisotopic (exact) mass is 314 g/mol. The molecule has 4 N–H and O–H groups in total. The first-order valence-corrected chi connectivity index (χ1v) is 7.14. The Balaban J connectivity index is 1.99. The topological polar surface area (TPSA) is 98.7 Å². The summed E-state index contributed by atoms with van der Waals surface area (Å²) < 4.78 is 0. The van der Waals surface area contributed by atoms with Gasteiger partial charge in [-0.1, -0.05) is 42.5 Å². The molecule has 0 aliphatic carbocycles. The van der Waals surface area contributed by atoms with Crippen LogP contribution in [0.25, 0.3) is 0 Å². The normalized spacial score (nSPS) is 11.5. The minimum atomic E-state index is -1.01. The van der Waals surface area contributed by atoms with Gasteiger partial charge in [0.1, 0.15) is 6.54 Å². The van der Waals surface area contributed by atoms with Crippen LogP contribution < -0.4 is 10.6 Å². The van der Waals surface area contributed by atoms with Crippen molar-refractivity contribution in [3.05, 3.63) is 65.7 Å². The van der Waals surface area contributed by atoms with Gasteiger partial charge in [0, 0.05) is 12.2 Å². The number of anilines is 1. The van der Waals surface area contributed by atoms with E-state index in [-0.39, 0.29) is 19.0 Å². The highest BCUT2D eigenvalue weighted by Gasteiger charge is 2.13. The van der Waals surface area contributed by atoms with Crippen molar-refractivity contribution in [3.8, 4) is 0 Å². The van der Waals surface area contributed by atoms with Gasteiger partial charge in [-0.15, -0.1) is 0 Å². The maximum Gasteiger partial charge on any atom is 0.322 e. The van der Waals surface area contributed by atoms with Gasteiger partial charge in [-0.05, 0) is 17.7 Å². The van der Waals surface area contributed by atoms with Gasteiger partial charge in [0.25, 0.3) is 5.91 Å². The van der Waals surface area contributed by atoms with Gasteiger partial charge in [0.05, 0.1) is 11.7 Å². The highest BCUT2D eigenvalue weighted by molar-refractivity contribution is 5.99. The molecule has 2 aromatic carbocycles. The summed E-state index contributed by atoms with van der Waals surface area (Å²) in [6.45, 7) is -0.215. The van der Waals surface area contributed by atoms with Crippen LogP contribution in [0.2, 0.25) is 0 Å². The summed E-state index contributed by atoms with van der Waals surface area (Å²) in [5.41, 5.74) is 1.47. The zero-order valence-corrected chi connectivity index (χ0v) is 12.4. The molecule has 6 heteroatoms. The molecule has 1 unspecified atom stereocenters. The number of rotatable bonds is 7. The van der Waals surface area contributed by atoms with E-state index in [2.05, 4.69) is 10.6 Å². The number of para-hydroxylation sites is 1. The van der Waals surface area contributed by atoms with E-state index in [0.29, 0.717) is 16.8 Å². The van der Waals surface area contributed by atoms with Crippen LogP contribution in [0.3, 0.4) is 0 Å². The quantitative estimate of drug-likeness (QED) is 0.623. The zero-order chi connectivity index (χ0) is 16.7. The van der Waals surface area contributed by atoms with Crippen LogP contribution in [0.1, 0.15) is 22.0 Å². The van der Waals surface area contributed by atoms with E-state index in [4.69, 9.17) is 5.11 Å². The van der Waals surface area contributed by atoms with Gasteiger partial charge in [-0.3, -0.25) is 9.59 Å². The molecule has 0 aromatic heterocycles. The van der Waals surface area contributed by atoms with Crippen molar-refractivity contribution in [1.82, 2.24) is 5.32 Å². The Bertz CT molecular complexity index is 673. The number of hydrogen-bond acceptors (Lipinski definition) is 4. The molecule has 0 radical (unpaired) electrons. The number of carboxylic acids is 1. The first kappa shape index (κ1) is 16.5. The Kier molecular flexibility index (Phi) is 5.71. The van der Waals surface area contributed by atoms with E-state index >= 15 is 0 Å². The van der Waals surface area contributed by atoms with Crippen LogP contribution in [-0.2, 0) is 4.79 Å². The molecule has 0 aliphatic heterocycles. The number of nitrogens with one attached hydrogen (secondary N) is 2. The average molecular weight is 314 g/mol. The standard InChI is InChI=1S/C17H18N2O4/c20-15(12-6-2-1-3-7-12)10-19-17(23)13-8-4-5-9-14(13)18-11-16(21)22/h1-9,15,18,20H,10-11H2,(H,19,23)(H,21,22). The molecule has 0 fully saturated rings. The first-order chi connectivity index (χ1) is 11.1. The van der Waals surface area contributed by atoms with Crippen molar-refractivity contribution in [1.29, 1.82) is 0 Å². The molecule has 0 heterocycles. The number of carboxylic acid groups (broad SMARTS) is 1. The van der Waals surface area contributed by atoms with Gasteiger partial charge in [-0.2, -0.15) is 0 Å². The number of aliphatic hydroxyl groups is 1. The molecule has 0 bridgehead atoms. The highest BCUT2D eigenvalue weighted by atomic mass is 16.4. The van der Waals surface area contributed by atoms with E-state index in [1.807, 2.05) is 18.2 Å². The molecule has 2 rings (SSSR count). The summed E-state index contributed by atoms with van der Waals surface area (Å²) >= 11 is 0. The van der Waals surface area contributed by atoms with E-state index < -0.39 is 12.1 Å². The zero-order valence-electron chi connectivity index (χ0n) is 12.4. The fourth-order valence-corrected chi connectivity index (χ4v) is 2.08. The number of aliphatic hydroxyl groups excluding tert-OH is 1. The lowest BCUT2D eigenvalue weighted by molar-refractivity contribution is -0.134. The number of benzene rings is 2. The predicted octanol–water partition coefficient (Wildman–Crippen LogP) is 1.65.